The lowest BCUT2D eigenvalue weighted by Gasteiger charge is -2.06. The van der Waals surface area contributed by atoms with E-state index in [1.165, 1.54) is 12.8 Å². The summed E-state index contributed by atoms with van der Waals surface area (Å²) in [5.74, 6) is 0.685. The molecule has 0 aliphatic heterocycles. The van der Waals surface area contributed by atoms with Crippen LogP contribution >= 0.6 is 0 Å². The van der Waals surface area contributed by atoms with Crippen molar-refractivity contribution >= 4 is 0 Å². The Labute approximate surface area is 74.3 Å². The summed E-state index contributed by atoms with van der Waals surface area (Å²) >= 11 is 0. The van der Waals surface area contributed by atoms with Crippen LogP contribution in [-0.2, 0) is 9.68 Å². The molecule has 0 saturated heterocycles. The monoisotopic (exact) mass is 173 g/mol. The van der Waals surface area contributed by atoms with Crippen molar-refractivity contribution in [2.24, 2.45) is 11.3 Å². The van der Waals surface area contributed by atoms with Gasteiger partial charge in [-0.3, -0.25) is 9.68 Å². The average Bonchev–Trinajstić information content (AvgIpc) is 2.68. The molecule has 1 rings (SSSR count). The van der Waals surface area contributed by atoms with E-state index in [0.29, 0.717) is 17.4 Å². The molecule has 1 aliphatic carbocycles. The highest BCUT2D eigenvalue weighted by atomic mass is 16.9. The van der Waals surface area contributed by atoms with Crippen LogP contribution in [0.2, 0.25) is 0 Å². The maximum absolute atomic E-state index is 5.34. The number of rotatable bonds is 5. The van der Waals surface area contributed by atoms with E-state index in [9.17, 15) is 0 Å². The first-order valence-corrected chi connectivity index (χ1v) is 4.64. The van der Waals surface area contributed by atoms with Crippen molar-refractivity contribution in [2.75, 3.05) is 7.11 Å². The highest BCUT2D eigenvalue weighted by Crippen LogP contribution is 2.58. The molecular formula is C9H19NO2. The minimum absolute atomic E-state index is 0.326. The fraction of sp³-hybridized carbons (Fsp3) is 1.00. The fourth-order valence-electron chi connectivity index (χ4n) is 2.08. The van der Waals surface area contributed by atoms with Crippen LogP contribution in [0.25, 0.3) is 0 Å². The fourth-order valence-corrected chi connectivity index (χ4v) is 2.08. The first kappa shape index (κ1) is 9.96. The van der Waals surface area contributed by atoms with Crippen molar-refractivity contribution < 1.29 is 9.68 Å². The van der Waals surface area contributed by atoms with Gasteiger partial charge in [-0.15, -0.1) is 0 Å². The molecule has 3 unspecified atom stereocenters. The quantitative estimate of drug-likeness (QED) is 0.644. The lowest BCUT2D eigenvalue weighted by atomic mass is 10.0. The van der Waals surface area contributed by atoms with Crippen LogP contribution in [0.4, 0.5) is 0 Å². The summed E-state index contributed by atoms with van der Waals surface area (Å²) in [5.41, 5.74) is 2.83. The normalized spacial score (nSPS) is 40.0. The van der Waals surface area contributed by atoms with Crippen LogP contribution in [0, 0.1) is 11.3 Å². The molecule has 0 heterocycles. The van der Waals surface area contributed by atoms with Gasteiger partial charge in [-0.2, -0.15) is 0 Å². The molecule has 1 saturated carbocycles. The summed E-state index contributed by atoms with van der Waals surface area (Å²) < 4.78 is 0. The molecule has 72 valence electrons. The van der Waals surface area contributed by atoms with E-state index in [2.05, 4.69) is 31.3 Å². The summed E-state index contributed by atoms with van der Waals surface area (Å²) in [7, 11) is 1.56. The first-order chi connectivity index (χ1) is 5.70. The Morgan fingerprint density at radius 1 is 1.42 bits per heavy atom. The molecular weight excluding hydrogens is 154 g/mol. The first-order valence-electron chi connectivity index (χ1n) is 4.64. The SMILES string of the molecule is CCC1C(ONOC)C1(C)CC. The Balaban J connectivity index is 2.36. The molecule has 0 amide bonds. The van der Waals surface area contributed by atoms with Gasteiger partial charge < -0.3 is 0 Å². The zero-order chi connectivity index (χ0) is 9.19. The smallest absolute Gasteiger partial charge is 0.0908 e. The van der Waals surface area contributed by atoms with Crippen LogP contribution in [0.15, 0.2) is 0 Å². The van der Waals surface area contributed by atoms with Crippen molar-refractivity contribution in [3.63, 3.8) is 0 Å². The maximum Gasteiger partial charge on any atom is 0.0908 e. The van der Waals surface area contributed by atoms with Crippen molar-refractivity contribution in [1.29, 1.82) is 0 Å². The third kappa shape index (κ3) is 1.49. The molecule has 0 aromatic rings. The number of hydrogen-bond donors (Lipinski definition) is 1. The van der Waals surface area contributed by atoms with E-state index < -0.39 is 0 Å². The Morgan fingerprint density at radius 3 is 2.42 bits per heavy atom. The Hall–Kier alpha value is -0.120. The molecule has 1 N–H and O–H groups in total. The van der Waals surface area contributed by atoms with Crippen molar-refractivity contribution in [1.82, 2.24) is 5.64 Å². The van der Waals surface area contributed by atoms with Crippen molar-refractivity contribution in [3.8, 4) is 0 Å². The summed E-state index contributed by atoms with van der Waals surface area (Å²) in [6.45, 7) is 6.68. The second-order valence-electron chi connectivity index (χ2n) is 3.70. The van der Waals surface area contributed by atoms with Gasteiger partial charge in [-0.1, -0.05) is 32.8 Å². The highest BCUT2D eigenvalue weighted by molar-refractivity contribution is 5.07. The second kappa shape index (κ2) is 3.73. The van der Waals surface area contributed by atoms with Gasteiger partial charge in [0.1, 0.15) is 0 Å². The van der Waals surface area contributed by atoms with E-state index in [4.69, 9.17) is 4.84 Å². The van der Waals surface area contributed by atoms with E-state index in [-0.39, 0.29) is 0 Å². The molecule has 0 aromatic carbocycles. The minimum Gasteiger partial charge on any atom is -0.280 e. The Morgan fingerprint density at radius 2 is 2.08 bits per heavy atom. The second-order valence-corrected chi connectivity index (χ2v) is 3.70. The van der Waals surface area contributed by atoms with E-state index >= 15 is 0 Å². The maximum atomic E-state index is 5.34. The van der Waals surface area contributed by atoms with Gasteiger partial charge in [0, 0.05) is 5.41 Å². The largest absolute Gasteiger partial charge is 0.280 e. The zero-order valence-corrected chi connectivity index (χ0v) is 8.39. The lowest BCUT2D eigenvalue weighted by molar-refractivity contribution is -0.168. The van der Waals surface area contributed by atoms with Crippen LogP contribution < -0.4 is 5.64 Å². The Kier molecular flexibility index (Phi) is 3.09. The van der Waals surface area contributed by atoms with Gasteiger partial charge in [0.25, 0.3) is 0 Å². The molecule has 3 heteroatoms. The van der Waals surface area contributed by atoms with Gasteiger partial charge in [-0.25, -0.2) is 0 Å². The van der Waals surface area contributed by atoms with E-state index in [0.717, 1.165) is 0 Å². The average molecular weight is 173 g/mol. The number of nitrogens with one attached hydrogen (secondary N) is 1. The third-order valence-corrected chi connectivity index (χ3v) is 3.21. The van der Waals surface area contributed by atoms with Gasteiger partial charge in [0.2, 0.25) is 0 Å². The van der Waals surface area contributed by atoms with Gasteiger partial charge in [0.05, 0.1) is 13.2 Å². The van der Waals surface area contributed by atoms with Gasteiger partial charge in [0.15, 0.2) is 0 Å². The van der Waals surface area contributed by atoms with Gasteiger partial charge in [-0.05, 0) is 12.3 Å². The summed E-state index contributed by atoms with van der Waals surface area (Å²) in [6, 6.07) is 0. The van der Waals surface area contributed by atoms with Crippen LogP contribution in [0.5, 0.6) is 0 Å². The van der Waals surface area contributed by atoms with Crippen molar-refractivity contribution in [3.05, 3.63) is 0 Å². The predicted octanol–water partition coefficient (Wildman–Crippen LogP) is 1.89. The van der Waals surface area contributed by atoms with Crippen LogP contribution in [0.1, 0.15) is 33.6 Å². The topological polar surface area (TPSA) is 30.5 Å². The zero-order valence-electron chi connectivity index (χ0n) is 8.39. The molecule has 0 bridgehead atoms. The number of hydrogen-bond acceptors (Lipinski definition) is 3. The predicted molar refractivity (Wildman–Crippen MR) is 47.2 cm³/mol. The molecule has 1 aliphatic rings. The summed E-state index contributed by atoms with van der Waals surface area (Å²) in [6.07, 6.45) is 2.68. The standard InChI is InChI=1S/C9H19NO2/c1-5-7-8(12-10-11-4)9(7,3)6-2/h7-8,10H,5-6H2,1-4H3. The minimum atomic E-state index is 0.326. The van der Waals surface area contributed by atoms with E-state index in [1.807, 2.05) is 0 Å². The molecule has 0 spiro atoms. The van der Waals surface area contributed by atoms with Crippen LogP contribution in [-0.4, -0.2) is 13.2 Å². The van der Waals surface area contributed by atoms with Crippen molar-refractivity contribution in [2.45, 2.75) is 39.7 Å². The summed E-state index contributed by atoms with van der Waals surface area (Å²) in [5, 5.41) is 0. The van der Waals surface area contributed by atoms with Crippen LogP contribution in [0.3, 0.4) is 0 Å². The molecule has 12 heavy (non-hydrogen) atoms. The molecule has 3 atom stereocenters. The van der Waals surface area contributed by atoms with E-state index in [1.54, 1.807) is 7.11 Å². The molecule has 0 radical (unpaired) electrons. The molecule has 3 nitrogen and oxygen atoms in total. The third-order valence-electron chi connectivity index (χ3n) is 3.21. The lowest BCUT2D eigenvalue weighted by Crippen LogP contribution is -2.17. The Bertz CT molecular complexity index is 151. The highest BCUT2D eigenvalue weighted by Gasteiger charge is 2.60. The molecule has 1 fully saturated rings. The summed E-state index contributed by atoms with van der Waals surface area (Å²) in [4.78, 5) is 9.99. The van der Waals surface area contributed by atoms with Gasteiger partial charge >= 0.3 is 0 Å². The molecule has 0 aromatic heterocycles.